The Labute approximate surface area is 133 Å². The van der Waals surface area contributed by atoms with Gasteiger partial charge >= 0.3 is 0 Å². The Balaban J connectivity index is 2.88. The van der Waals surface area contributed by atoms with Crippen molar-refractivity contribution >= 4 is 12.3 Å². The van der Waals surface area contributed by atoms with Crippen LogP contribution < -0.4 is 0 Å². The van der Waals surface area contributed by atoms with Gasteiger partial charge in [-0.2, -0.15) is 0 Å². The lowest BCUT2D eigenvalue weighted by Crippen LogP contribution is -2.24. The lowest BCUT2D eigenvalue weighted by atomic mass is 10.1. The number of rotatable bonds is 9. The molecule has 0 aromatic carbocycles. The maximum absolute atomic E-state index is 4.52. The van der Waals surface area contributed by atoms with Gasteiger partial charge in [0.15, 0.2) is 0 Å². The van der Waals surface area contributed by atoms with Crippen molar-refractivity contribution in [2.75, 3.05) is 13.2 Å². The summed E-state index contributed by atoms with van der Waals surface area (Å²) in [5, 5.41) is 0. The van der Waals surface area contributed by atoms with Crippen LogP contribution in [0.1, 0.15) is 31.7 Å². The summed E-state index contributed by atoms with van der Waals surface area (Å²) in [7, 11) is 1.94. The Kier molecular flexibility index (Phi) is 7.09. The number of hydrogen-bond acceptors (Lipinski definition) is 3. The first kappa shape index (κ1) is 17.7. The summed E-state index contributed by atoms with van der Waals surface area (Å²) in [5.74, 6) is 0. The predicted molar refractivity (Wildman–Crippen MR) is 95.9 cm³/mol. The average molecular weight is 298 g/mol. The van der Waals surface area contributed by atoms with E-state index in [1.54, 1.807) is 24.7 Å². The highest BCUT2D eigenvalue weighted by molar-refractivity contribution is 5.81. The van der Waals surface area contributed by atoms with Crippen molar-refractivity contribution in [3.05, 3.63) is 60.9 Å². The Hall–Kier alpha value is -2.36. The van der Waals surface area contributed by atoms with Gasteiger partial charge in [0.25, 0.3) is 0 Å². The molecule has 1 rings (SSSR count). The zero-order chi connectivity index (χ0) is 16.5. The summed E-state index contributed by atoms with van der Waals surface area (Å²) in [5.41, 5.74) is 3.97. The van der Waals surface area contributed by atoms with Crippen LogP contribution in [-0.4, -0.2) is 33.9 Å². The molecule has 0 spiro atoms. The molecule has 4 nitrogen and oxygen atoms in total. The van der Waals surface area contributed by atoms with Crippen LogP contribution in [0.15, 0.2) is 54.5 Å². The van der Waals surface area contributed by atoms with E-state index in [-0.39, 0.29) is 0 Å². The van der Waals surface area contributed by atoms with E-state index < -0.39 is 0 Å². The van der Waals surface area contributed by atoms with Crippen molar-refractivity contribution < 1.29 is 0 Å². The fraction of sp³-hybridized carbons (Fsp3) is 0.333. The normalized spacial score (nSPS) is 11.7. The van der Waals surface area contributed by atoms with Crippen LogP contribution in [0.4, 0.5) is 0 Å². The Morgan fingerprint density at radius 2 is 2.14 bits per heavy atom. The van der Waals surface area contributed by atoms with Gasteiger partial charge in [-0.1, -0.05) is 32.7 Å². The molecule has 0 amide bonds. The van der Waals surface area contributed by atoms with Gasteiger partial charge in [-0.05, 0) is 31.1 Å². The summed E-state index contributed by atoms with van der Waals surface area (Å²) >= 11 is 0. The molecule has 1 aromatic rings. The van der Waals surface area contributed by atoms with Crippen LogP contribution in [0, 0.1) is 0 Å². The molecular weight excluding hydrogens is 272 g/mol. The second kappa shape index (κ2) is 8.82. The van der Waals surface area contributed by atoms with Crippen LogP contribution >= 0.6 is 0 Å². The number of aromatic nitrogens is 2. The molecular formula is C18H26N4. The lowest BCUT2D eigenvalue weighted by Gasteiger charge is -2.25. The van der Waals surface area contributed by atoms with E-state index >= 15 is 0 Å². The van der Waals surface area contributed by atoms with E-state index in [2.05, 4.69) is 48.5 Å². The standard InChI is InChI=1S/C18H26N4/c1-7-11-18(15(5)8-2)22(10-4)13-19-12-16-17(9-3)21(6)14-20-16/h7,9,11-12,14H,1,3,5,8,10,13H2,2,4,6H3/b18-11+,19-12-. The zero-order valence-electron chi connectivity index (χ0n) is 13.9. The first-order valence-electron chi connectivity index (χ1n) is 7.48. The van der Waals surface area contributed by atoms with Crippen molar-refractivity contribution in [2.24, 2.45) is 12.0 Å². The molecule has 0 N–H and O–H groups in total. The van der Waals surface area contributed by atoms with Crippen molar-refractivity contribution in [1.29, 1.82) is 0 Å². The molecule has 0 bridgehead atoms. The van der Waals surface area contributed by atoms with Gasteiger partial charge in [0.05, 0.1) is 18.2 Å². The highest BCUT2D eigenvalue weighted by atomic mass is 15.2. The molecule has 0 saturated carbocycles. The van der Waals surface area contributed by atoms with Crippen LogP contribution in [0.3, 0.4) is 0 Å². The molecule has 22 heavy (non-hydrogen) atoms. The molecule has 1 aromatic heterocycles. The summed E-state index contributed by atoms with van der Waals surface area (Å²) < 4.78 is 1.92. The average Bonchev–Trinajstić information content (AvgIpc) is 2.89. The van der Waals surface area contributed by atoms with Crippen LogP contribution in [0.25, 0.3) is 6.08 Å². The molecule has 4 heteroatoms. The minimum atomic E-state index is 0.558. The smallest absolute Gasteiger partial charge is 0.110 e. The number of aliphatic imine (C=N–C) groups is 1. The molecule has 0 aliphatic heterocycles. The topological polar surface area (TPSA) is 33.4 Å². The second-order valence-corrected chi connectivity index (χ2v) is 4.88. The van der Waals surface area contributed by atoms with Crippen LogP contribution in [0.5, 0.6) is 0 Å². The van der Waals surface area contributed by atoms with Crippen LogP contribution in [-0.2, 0) is 7.05 Å². The highest BCUT2D eigenvalue weighted by Gasteiger charge is 2.09. The zero-order valence-corrected chi connectivity index (χ0v) is 13.9. The van der Waals surface area contributed by atoms with Gasteiger partial charge < -0.3 is 9.47 Å². The molecule has 0 unspecified atom stereocenters. The monoisotopic (exact) mass is 298 g/mol. The van der Waals surface area contributed by atoms with Gasteiger partial charge in [0, 0.05) is 19.3 Å². The minimum absolute atomic E-state index is 0.558. The lowest BCUT2D eigenvalue weighted by molar-refractivity contribution is 0.381. The second-order valence-electron chi connectivity index (χ2n) is 4.88. The molecule has 0 saturated heterocycles. The molecule has 0 atom stereocenters. The SMILES string of the molecule is C=C/C=C(\C(=C)CC)N(CC)C/N=C\c1ncn(C)c1C=C. The highest BCUT2D eigenvalue weighted by Crippen LogP contribution is 2.17. The van der Waals surface area contributed by atoms with Crippen molar-refractivity contribution in [3.63, 3.8) is 0 Å². The van der Waals surface area contributed by atoms with Gasteiger partial charge in [-0.3, -0.25) is 4.99 Å². The third-order valence-electron chi connectivity index (χ3n) is 3.46. The predicted octanol–water partition coefficient (Wildman–Crippen LogP) is 3.80. The number of allylic oxidation sites excluding steroid dienone is 3. The first-order chi connectivity index (χ1) is 10.6. The van der Waals surface area contributed by atoms with E-state index in [0.29, 0.717) is 6.67 Å². The summed E-state index contributed by atoms with van der Waals surface area (Å²) in [6.45, 7) is 17.3. The molecule has 0 radical (unpaired) electrons. The molecule has 0 aliphatic carbocycles. The largest absolute Gasteiger partial charge is 0.352 e. The van der Waals surface area contributed by atoms with E-state index in [9.17, 15) is 0 Å². The van der Waals surface area contributed by atoms with E-state index in [1.165, 1.54) is 0 Å². The van der Waals surface area contributed by atoms with Gasteiger partial charge in [-0.25, -0.2) is 4.98 Å². The van der Waals surface area contributed by atoms with Crippen molar-refractivity contribution in [1.82, 2.24) is 14.5 Å². The summed E-state index contributed by atoms with van der Waals surface area (Å²) in [6, 6.07) is 0. The van der Waals surface area contributed by atoms with Gasteiger partial charge in [0.2, 0.25) is 0 Å². The quantitative estimate of drug-likeness (QED) is 0.513. The van der Waals surface area contributed by atoms with Crippen molar-refractivity contribution in [3.8, 4) is 0 Å². The number of hydrogen-bond donors (Lipinski definition) is 0. The van der Waals surface area contributed by atoms with Crippen molar-refractivity contribution in [2.45, 2.75) is 20.3 Å². The number of nitrogens with zero attached hydrogens (tertiary/aromatic N) is 4. The third kappa shape index (κ3) is 4.32. The van der Waals surface area contributed by atoms with E-state index in [1.807, 2.05) is 17.7 Å². The minimum Gasteiger partial charge on any atom is -0.352 e. The van der Waals surface area contributed by atoms with Gasteiger partial charge in [0.1, 0.15) is 12.4 Å². The van der Waals surface area contributed by atoms with Gasteiger partial charge in [-0.15, -0.1) is 0 Å². The maximum atomic E-state index is 4.52. The Bertz CT molecular complexity index is 590. The number of aryl methyl sites for hydroxylation is 1. The Morgan fingerprint density at radius 3 is 2.68 bits per heavy atom. The molecule has 118 valence electrons. The third-order valence-corrected chi connectivity index (χ3v) is 3.46. The number of likely N-dealkylation sites (N-methyl/N-ethyl adjacent to an activating group) is 1. The molecule has 0 fully saturated rings. The maximum Gasteiger partial charge on any atom is 0.110 e. The molecule has 0 aliphatic rings. The summed E-state index contributed by atoms with van der Waals surface area (Å²) in [4.78, 5) is 11.0. The fourth-order valence-electron chi connectivity index (χ4n) is 2.12. The number of imidazole rings is 1. The summed E-state index contributed by atoms with van der Waals surface area (Å²) in [6.07, 6.45) is 10.0. The van der Waals surface area contributed by atoms with Crippen LogP contribution in [0.2, 0.25) is 0 Å². The van der Waals surface area contributed by atoms with E-state index in [0.717, 1.165) is 35.6 Å². The first-order valence-corrected chi connectivity index (χ1v) is 7.48. The molecule has 1 heterocycles. The Morgan fingerprint density at radius 1 is 1.41 bits per heavy atom. The van der Waals surface area contributed by atoms with E-state index in [4.69, 9.17) is 0 Å². The fourth-order valence-corrected chi connectivity index (χ4v) is 2.12.